The van der Waals surface area contributed by atoms with Crippen molar-refractivity contribution in [1.29, 1.82) is 0 Å². The van der Waals surface area contributed by atoms with Crippen LogP contribution in [-0.4, -0.2) is 16.8 Å². The lowest BCUT2D eigenvalue weighted by Gasteiger charge is -2.17. The molecule has 0 radical (unpaired) electrons. The first kappa shape index (κ1) is 23.5. The highest BCUT2D eigenvalue weighted by Crippen LogP contribution is 2.41. The summed E-state index contributed by atoms with van der Waals surface area (Å²) in [6, 6.07) is 21.5. The summed E-state index contributed by atoms with van der Waals surface area (Å²) >= 11 is 10.4. The fourth-order valence-electron chi connectivity index (χ4n) is 3.45. The molecule has 0 saturated carbocycles. The molecule has 0 aliphatic carbocycles. The fourth-order valence-corrected chi connectivity index (χ4v) is 5.30. The first-order valence-corrected chi connectivity index (χ1v) is 12.5. The maximum absolute atomic E-state index is 13.2. The van der Waals surface area contributed by atoms with Crippen LogP contribution in [0.25, 0.3) is 6.08 Å². The normalized spacial score (nSPS) is 14.8. The van der Waals surface area contributed by atoms with Crippen molar-refractivity contribution in [3.05, 3.63) is 92.8 Å². The molecule has 0 aromatic heterocycles. The molecule has 1 fully saturated rings. The summed E-state index contributed by atoms with van der Waals surface area (Å²) in [5.74, 6) is 1.12. The molecular formula is C26H22BrNO3S2. The maximum Gasteiger partial charge on any atom is 0.270 e. The van der Waals surface area contributed by atoms with E-state index in [-0.39, 0.29) is 5.91 Å². The van der Waals surface area contributed by atoms with E-state index in [1.165, 1.54) is 11.8 Å². The van der Waals surface area contributed by atoms with E-state index in [0.717, 1.165) is 26.9 Å². The Balaban J connectivity index is 1.62. The van der Waals surface area contributed by atoms with Gasteiger partial charge in [-0.15, -0.1) is 0 Å². The molecule has 1 aliphatic heterocycles. The molecule has 0 atom stereocenters. The number of nitrogens with zero attached hydrogens (tertiary/aromatic N) is 1. The molecule has 1 aliphatic rings. The van der Waals surface area contributed by atoms with Gasteiger partial charge in [0.05, 0.1) is 21.7 Å². The van der Waals surface area contributed by atoms with Gasteiger partial charge in [0.15, 0.2) is 15.8 Å². The number of thiocarbonyl (C=S) groups is 1. The second-order valence-electron chi connectivity index (χ2n) is 7.34. The second-order valence-corrected chi connectivity index (χ2v) is 9.87. The van der Waals surface area contributed by atoms with Crippen molar-refractivity contribution in [3.8, 4) is 11.5 Å². The van der Waals surface area contributed by atoms with Crippen molar-refractivity contribution < 1.29 is 14.3 Å². The summed E-state index contributed by atoms with van der Waals surface area (Å²) in [7, 11) is 0. The molecule has 3 aromatic carbocycles. The SMILES string of the molecule is CCOc1cc(/C=C2/SC(=S)N(c3ccccc3C)C2=O)cc(Br)c1OCc1ccccc1. The minimum Gasteiger partial charge on any atom is -0.490 e. The molecule has 168 valence electrons. The number of halogens is 1. The summed E-state index contributed by atoms with van der Waals surface area (Å²) in [4.78, 5) is 15.3. The number of hydrogen-bond acceptors (Lipinski definition) is 5. The lowest BCUT2D eigenvalue weighted by atomic mass is 10.1. The first-order chi connectivity index (χ1) is 16.0. The van der Waals surface area contributed by atoms with Crippen LogP contribution >= 0.6 is 39.9 Å². The molecule has 0 unspecified atom stereocenters. The lowest BCUT2D eigenvalue weighted by molar-refractivity contribution is -0.113. The monoisotopic (exact) mass is 539 g/mol. The third-order valence-corrected chi connectivity index (χ3v) is 6.90. The topological polar surface area (TPSA) is 38.8 Å². The van der Waals surface area contributed by atoms with Crippen LogP contribution in [0.4, 0.5) is 5.69 Å². The third-order valence-electron chi connectivity index (χ3n) is 5.01. The average molecular weight is 541 g/mol. The molecule has 33 heavy (non-hydrogen) atoms. The predicted octanol–water partition coefficient (Wildman–Crippen LogP) is 7.14. The number of carbonyl (C=O) groups excluding carboxylic acids is 1. The minimum absolute atomic E-state index is 0.127. The van der Waals surface area contributed by atoms with E-state index < -0.39 is 0 Å². The van der Waals surface area contributed by atoms with E-state index in [0.29, 0.717) is 33.9 Å². The average Bonchev–Trinajstić information content (AvgIpc) is 3.07. The van der Waals surface area contributed by atoms with Crippen LogP contribution in [0.2, 0.25) is 0 Å². The van der Waals surface area contributed by atoms with Gasteiger partial charge in [0.2, 0.25) is 0 Å². The van der Waals surface area contributed by atoms with Gasteiger partial charge in [0, 0.05) is 0 Å². The molecule has 1 amide bonds. The number of aryl methyl sites for hydroxylation is 1. The van der Waals surface area contributed by atoms with Gasteiger partial charge in [-0.25, -0.2) is 0 Å². The first-order valence-electron chi connectivity index (χ1n) is 10.4. The van der Waals surface area contributed by atoms with E-state index in [9.17, 15) is 4.79 Å². The molecule has 0 bridgehead atoms. The van der Waals surface area contributed by atoms with Gasteiger partial charge in [0.25, 0.3) is 5.91 Å². The zero-order valence-corrected chi connectivity index (χ0v) is 21.4. The van der Waals surface area contributed by atoms with Gasteiger partial charge in [-0.3, -0.25) is 9.69 Å². The number of carbonyl (C=O) groups is 1. The van der Waals surface area contributed by atoms with Crippen molar-refractivity contribution in [2.24, 2.45) is 0 Å². The van der Waals surface area contributed by atoms with Crippen LogP contribution in [0.15, 0.2) is 76.1 Å². The Kier molecular flexibility index (Phi) is 7.53. The van der Waals surface area contributed by atoms with Gasteiger partial charge in [0.1, 0.15) is 6.61 Å². The summed E-state index contributed by atoms with van der Waals surface area (Å²) in [5.41, 5.74) is 3.69. The van der Waals surface area contributed by atoms with Crippen molar-refractivity contribution in [3.63, 3.8) is 0 Å². The standard InChI is InChI=1S/C26H22BrNO3S2/c1-3-30-22-14-19(13-20(27)24(22)31-16-18-10-5-4-6-11-18)15-23-25(29)28(26(32)33-23)21-12-8-7-9-17(21)2/h4-15H,3,16H2,1-2H3/b23-15+. The zero-order valence-electron chi connectivity index (χ0n) is 18.2. The van der Waals surface area contributed by atoms with Crippen molar-refractivity contribution in [1.82, 2.24) is 0 Å². The number of ether oxygens (including phenoxy) is 2. The smallest absolute Gasteiger partial charge is 0.270 e. The molecule has 0 spiro atoms. The molecule has 4 rings (SSSR count). The van der Waals surface area contributed by atoms with Gasteiger partial charge in [-0.05, 0) is 70.7 Å². The quantitative estimate of drug-likeness (QED) is 0.235. The summed E-state index contributed by atoms with van der Waals surface area (Å²) < 4.78 is 13.2. The third kappa shape index (κ3) is 5.32. The number of benzene rings is 3. The lowest BCUT2D eigenvalue weighted by Crippen LogP contribution is -2.28. The number of rotatable bonds is 7. The highest BCUT2D eigenvalue weighted by Gasteiger charge is 2.34. The Bertz CT molecular complexity index is 1230. The van der Waals surface area contributed by atoms with E-state index in [4.69, 9.17) is 21.7 Å². The van der Waals surface area contributed by atoms with Crippen LogP contribution in [0.3, 0.4) is 0 Å². The van der Waals surface area contributed by atoms with Crippen molar-refractivity contribution in [2.75, 3.05) is 11.5 Å². The Morgan fingerprint density at radius 2 is 1.79 bits per heavy atom. The second kappa shape index (κ2) is 10.5. The van der Waals surface area contributed by atoms with Gasteiger partial charge in [-0.1, -0.05) is 72.5 Å². The Morgan fingerprint density at radius 3 is 2.52 bits per heavy atom. The number of anilines is 1. The molecule has 0 N–H and O–H groups in total. The summed E-state index contributed by atoms with van der Waals surface area (Å²) in [6.07, 6.45) is 1.84. The van der Waals surface area contributed by atoms with Crippen LogP contribution in [0.5, 0.6) is 11.5 Å². The Labute approximate surface area is 211 Å². The van der Waals surface area contributed by atoms with E-state index >= 15 is 0 Å². The van der Waals surface area contributed by atoms with E-state index in [1.54, 1.807) is 4.90 Å². The molecule has 1 heterocycles. The highest BCUT2D eigenvalue weighted by atomic mass is 79.9. The summed E-state index contributed by atoms with van der Waals surface area (Å²) in [5, 5.41) is 0. The molecular weight excluding hydrogens is 518 g/mol. The summed E-state index contributed by atoms with van der Waals surface area (Å²) in [6.45, 7) is 4.81. The van der Waals surface area contributed by atoms with Gasteiger partial charge >= 0.3 is 0 Å². The van der Waals surface area contributed by atoms with Gasteiger partial charge in [-0.2, -0.15) is 0 Å². The molecule has 3 aromatic rings. The maximum atomic E-state index is 13.2. The minimum atomic E-state index is -0.127. The fraction of sp³-hybridized carbons (Fsp3) is 0.154. The molecule has 1 saturated heterocycles. The van der Waals surface area contributed by atoms with Crippen molar-refractivity contribution in [2.45, 2.75) is 20.5 Å². The predicted molar refractivity (Wildman–Crippen MR) is 143 cm³/mol. The number of para-hydroxylation sites is 1. The zero-order chi connectivity index (χ0) is 23.4. The van der Waals surface area contributed by atoms with Crippen LogP contribution in [-0.2, 0) is 11.4 Å². The number of thioether (sulfide) groups is 1. The van der Waals surface area contributed by atoms with Crippen LogP contribution in [0.1, 0.15) is 23.6 Å². The number of amides is 1. The largest absolute Gasteiger partial charge is 0.490 e. The highest BCUT2D eigenvalue weighted by molar-refractivity contribution is 9.10. The number of hydrogen-bond donors (Lipinski definition) is 0. The van der Waals surface area contributed by atoms with Crippen molar-refractivity contribution >= 4 is 61.9 Å². The van der Waals surface area contributed by atoms with Crippen LogP contribution < -0.4 is 14.4 Å². The Hall–Kier alpha value is -2.61. The van der Waals surface area contributed by atoms with Crippen LogP contribution in [0, 0.1) is 6.92 Å². The Morgan fingerprint density at radius 1 is 1.06 bits per heavy atom. The van der Waals surface area contributed by atoms with E-state index in [1.807, 2.05) is 86.7 Å². The van der Waals surface area contributed by atoms with Gasteiger partial charge < -0.3 is 9.47 Å². The molecule has 4 nitrogen and oxygen atoms in total. The molecule has 7 heteroatoms. The van der Waals surface area contributed by atoms with E-state index in [2.05, 4.69) is 15.9 Å².